The minimum absolute atomic E-state index is 0.270. The van der Waals surface area contributed by atoms with E-state index in [0.717, 1.165) is 54.6 Å². The molecule has 3 aromatic rings. The Balaban J connectivity index is 1.42. The van der Waals surface area contributed by atoms with Gasteiger partial charge in [0.25, 0.3) is 0 Å². The molecule has 0 spiro atoms. The van der Waals surface area contributed by atoms with Crippen molar-refractivity contribution >= 4 is 5.82 Å². The maximum absolute atomic E-state index is 4.84. The number of benzene rings is 1. The van der Waals surface area contributed by atoms with Gasteiger partial charge in [0.2, 0.25) is 0 Å². The summed E-state index contributed by atoms with van der Waals surface area (Å²) >= 11 is 0. The van der Waals surface area contributed by atoms with Crippen LogP contribution < -0.4 is 10.6 Å². The number of hydrogen-bond acceptors (Lipinski definition) is 6. The quantitative estimate of drug-likeness (QED) is 0.644. The molecule has 150 valence electrons. The molecule has 1 unspecified atom stereocenters. The van der Waals surface area contributed by atoms with E-state index < -0.39 is 0 Å². The number of rotatable bonds is 7. The lowest BCUT2D eigenvalue weighted by atomic mass is 10.1. The van der Waals surface area contributed by atoms with E-state index in [0.29, 0.717) is 0 Å². The lowest BCUT2D eigenvalue weighted by Gasteiger charge is -2.18. The maximum Gasteiger partial charge on any atom is 0.147 e. The fraction of sp³-hybridized carbons (Fsp3) is 0.348. The first-order valence-electron chi connectivity index (χ1n) is 10.2. The second-order valence-electron chi connectivity index (χ2n) is 7.59. The van der Waals surface area contributed by atoms with Crippen molar-refractivity contribution in [2.45, 2.75) is 32.0 Å². The van der Waals surface area contributed by atoms with Crippen LogP contribution in [0.1, 0.15) is 36.0 Å². The molecule has 1 aromatic carbocycles. The Morgan fingerprint density at radius 1 is 1.10 bits per heavy atom. The molecular formula is C23H28N6. The van der Waals surface area contributed by atoms with Crippen molar-refractivity contribution in [3.8, 4) is 11.3 Å². The molecule has 6 nitrogen and oxygen atoms in total. The Morgan fingerprint density at radius 2 is 1.97 bits per heavy atom. The zero-order chi connectivity index (χ0) is 20.1. The molecule has 0 aliphatic carbocycles. The summed E-state index contributed by atoms with van der Waals surface area (Å²) in [6, 6.07) is 16.9. The summed E-state index contributed by atoms with van der Waals surface area (Å²) < 4.78 is 0. The van der Waals surface area contributed by atoms with E-state index in [1.54, 1.807) is 0 Å². The van der Waals surface area contributed by atoms with Gasteiger partial charge in [0.1, 0.15) is 11.6 Å². The van der Waals surface area contributed by atoms with Gasteiger partial charge in [0.05, 0.1) is 17.4 Å². The minimum atomic E-state index is 0.270. The molecule has 2 N–H and O–H groups in total. The molecular weight excluding hydrogens is 360 g/mol. The van der Waals surface area contributed by atoms with Crippen LogP contribution in [-0.2, 0) is 13.1 Å². The SMILES string of the molecule is CNc1cc(CN(C)Cc2ccc(-c3ccccn3)cc2)nc(C2CCCN2)n1. The van der Waals surface area contributed by atoms with Crippen LogP contribution in [0, 0.1) is 0 Å². The van der Waals surface area contributed by atoms with Crippen molar-refractivity contribution in [2.75, 3.05) is 26.0 Å². The van der Waals surface area contributed by atoms with Gasteiger partial charge in [-0.2, -0.15) is 0 Å². The van der Waals surface area contributed by atoms with Crippen LogP contribution in [0.15, 0.2) is 54.7 Å². The molecule has 1 atom stereocenters. The molecule has 29 heavy (non-hydrogen) atoms. The standard InChI is InChI=1S/C23H28N6/c1-24-22-14-19(27-23(28-22)21-7-5-13-26-21)16-29(2)15-17-8-10-18(11-9-17)20-6-3-4-12-25-20/h3-4,6,8-12,14,21,26H,5,7,13,15-16H2,1-2H3,(H,24,27,28). The largest absolute Gasteiger partial charge is 0.373 e. The van der Waals surface area contributed by atoms with Gasteiger partial charge in [-0.05, 0) is 44.1 Å². The number of anilines is 1. The van der Waals surface area contributed by atoms with Crippen LogP contribution in [0.3, 0.4) is 0 Å². The van der Waals surface area contributed by atoms with Crippen molar-refractivity contribution in [1.82, 2.24) is 25.2 Å². The summed E-state index contributed by atoms with van der Waals surface area (Å²) in [6.45, 7) is 2.68. The Morgan fingerprint density at radius 3 is 2.66 bits per heavy atom. The Labute approximate surface area is 172 Å². The van der Waals surface area contributed by atoms with Crippen LogP contribution >= 0.6 is 0 Å². The smallest absolute Gasteiger partial charge is 0.147 e. The number of nitrogens with one attached hydrogen (secondary N) is 2. The zero-order valence-corrected chi connectivity index (χ0v) is 17.1. The first-order valence-corrected chi connectivity index (χ1v) is 10.2. The fourth-order valence-corrected chi connectivity index (χ4v) is 3.75. The topological polar surface area (TPSA) is 66.0 Å². The summed E-state index contributed by atoms with van der Waals surface area (Å²) in [5, 5.41) is 6.66. The molecule has 1 aliphatic heterocycles. The van der Waals surface area contributed by atoms with Crippen LogP contribution in [0.5, 0.6) is 0 Å². The van der Waals surface area contributed by atoms with Crippen molar-refractivity contribution in [1.29, 1.82) is 0 Å². The highest BCUT2D eigenvalue weighted by atomic mass is 15.1. The Hall–Kier alpha value is -2.83. The zero-order valence-electron chi connectivity index (χ0n) is 17.1. The highest BCUT2D eigenvalue weighted by Crippen LogP contribution is 2.22. The molecule has 4 rings (SSSR count). The second kappa shape index (κ2) is 9.11. The summed E-state index contributed by atoms with van der Waals surface area (Å²) in [5.41, 5.74) is 4.45. The van der Waals surface area contributed by atoms with Gasteiger partial charge in [-0.15, -0.1) is 0 Å². The average Bonchev–Trinajstić information content (AvgIpc) is 3.29. The fourth-order valence-electron chi connectivity index (χ4n) is 3.75. The molecule has 0 bridgehead atoms. The Kier molecular flexibility index (Phi) is 6.12. The summed E-state index contributed by atoms with van der Waals surface area (Å²) in [7, 11) is 4.03. The predicted octanol–water partition coefficient (Wildman–Crippen LogP) is 3.64. The maximum atomic E-state index is 4.84. The van der Waals surface area contributed by atoms with E-state index in [1.165, 1.54) is 12.0 Å². The first kappa shape index (κ1) is 19.5. The lowest BCUT2D eigenvalue weighted by Crippen LogP contribution is -2.21. The first-order chi connectivity index (χ1) is 14.2. The lowest BCUT2D eigenvalue weighted by molar-refractivity contribution is 0.314. The normalized spacial score (nSPS) is 16.3. The molecule has 2 aromatic heterocycles. The molecule has 6 heteroatoms. The van der Waals surface area contributed by atoms with Gasteiger partial charge in [-0.3, -0.25) is 9.88 Å². The van der Waals surface area contributed by atoms with Crippen molar-refractivity contribution in [3.05, 3.63) is 71.8 Å². The van der Waals surface area contributed by atoms with Crippen LogP contribution in [0.4, 0.5) is 5.82 Å². The minimum Gasteiger partial charge on any atom is -0.373 e. The number of pyridine rings is 1. The van der Waals surface area contributed by atoms with E-state index in [-0.39, 0.29) is 6.04 Å². The van der Waals surface area contributed by atoms with Gasteiger partial charge in [-0.25, -0.2) is 9.97 Å². The highest BCUT2D eigenvalue weighted by Gasteiger charge is 2.20. The van der Waals surface area contributed by atoms with Crippen LogP contribution in [0.2, 0.25) is 0 Å². The van der Waals surface area contributed by atoms with E-state index in [1.807, 2.05) is 37.5 Å². The monoisotopic (exact) mass is 388 g/mol. The predicted molar refractivity (Wildman–Crippen MR) is 116 cm³/mol. The summed E-state index contributed by atoms with van der Waals surface area (Å²) in [5.74, 6) is 1.78. The van der Waals surface area contributed by atoms with Gasteiger partial charge in [0.15, 0.2) is 0 Å². The van der Waals surface area contributed by atoms with Crippen molar-refractivity contribution < 1.29 is 0 Å². The molecule has 1 aliphatic rings. The number of hydrogen-bond donors (Lipinski definition) is 2. The second-order valence-corrected chi connectivity index (χ2v) is 7.59. The average molecular weight is 389 g/mol. The molecule has 1 fully saturated rings. The molecule has 0 radical (unpaired) electrons. The Bertz CT molecular complexity index is 920. The molecule has 0 amide bonds. The molecule has 3 heterocycles. The molecule has 1 saturated heterocycles. The van der Waals surface area contributed by atoms with Gasteiger partial charge in [-0.1, -0.05) is 30.3 Å². The van der Waals surface area contributed by atoms with Gasteiger partial charge >= 0.3 is 0 Å². The van der Waals surface area contributed by atoms with E-state index in [2.05, 4.69) is 56.8 Å². The van der Waals surface area contributed by atoms with E-state index >= 15 is 0 Å². The third kappa shape index (κ3) is 4.96. The van der Waals surface area contributed by atoms with Crippen molar-refractivity contribution in [3.63, 3.8) is 0 Å². The highest BCUT2D eigenvalue weighted by molar-refractivity contribution is 5.58. The van der Waals surface area contributed by atoms with Gasteiger partial charge < -0.3 is 10.6 Å². The number of nitrogens with zero attached hydrogens (tertiary/aromatic N) is 4. The molecule has 0 saturated carbocycles. The van der Waals surface area contributed by atoms with Crippen molar-refractivity contribution in [2.24, 2.45) is 0 Å². The van der Waals surface area contributed by atoms with Gasteiger partial charge in [0, 0.05) is 38.0 Å². The number of aromatic nitrogens is 3. The third-order valence-corrected chi connectivity index (χ3v) is 5.22. The third-order valence-electron chi connectivity index (χ3n) is 5.22. The van der Waals surface area contributed by atoms with E-state index in [9.17, 15) is 0 Å². The summed E-state index contributed by atoms with van der Waals surface area (Å²) in [6.07, 6.45) is 4.11. The van der Waals surface area contributed by atoms with E-state index in [4.69, 9.17) is 4.98 Å². The van der Waals surface area contributed by atoms with Crippen LogP contribution in [0.25, 0.3) is 11.3 Å². The van der Waals surface area contributed by atoms with Crippen LogP contribution in [-0.4, -0.2) is 40.5 Å². The summed E-state index contributed by atoms with van der Waals surface area (Å²) in [4.78, 5) is 16.2.